The van der Waals surface area contributed by atoms with Crippen LogP contribution in [0.15, 0.2) is 55.2 Å². The normalized spacial score (nSPS) is 14.5. The number of benzene rings is 1. The number of nitrogens with one attached hydrogen (secondary N) is 3. The number of rotatable bonds is 6. The Morgan fingerprint density at radius 1 is 1.21 bits per heavy atom. The Labute approximate surface area is 220 Å². The molecular formula is C26H24ClN7O4. The van der Waals surface area contributed by atoms with Gasteiger partial charge in [-0.15, -0.1) is 0 Å². The minimum Gasteiger partial charge on any atom is -0.455 e. The summed E-state index contributed by atoms with van der Waals surface area (Å²) in [5.74, 6) is -0.0659. The van der Waals surface area contributed by atoms with Crippen LogP contribution in [0.3, 0.4) is 0 Å². The van der Waals surface area contributed by atoms with Gasteiger partial charge >= 0.3 is 5.76 Å². The van der Waals surface area contributed by atoms with Crippen LogP contribution in [0, 0.1) is 13.8 Å². The molecule has 0 amide bonds. The van der Waals surface area contributed by atoms with Crippen LogP contribution in [0.5, 0.6) is 0 Å². The van der Waals surface area contributed by atoms with Gasteiger partial charge < -0.3 is 15.1 Å². The lowest BCUT2D eigenvalue weighted by Gasteiger charge is -2.27. The molecule has 38 heavy (non-hydrogen) atoms. The van der Waals surface area contributed by atoms with Crippen molar-refractivity contribution in [3.05, 3.63) is 79.3 Å². The fraction of sp³-hybridized carbons (Fsp3) is 0.269. The van der Waals surface area contributed by atoms with E-state index in [9.17, 15) is 9.59 Å². The summed E-state index contributed by atoms with van der Waals surface area (Å²) in [4.78, 5) is 31.9. The number of H-pyrrole nitrogens is 1. The molecule has 194 valence electrons. The van der Waals surface area contributed by atoms with Gasteiger partial charge in [-0.05, 0) is 44.5 Å². The molecule has 1 aliphatic rings. The molecule has 12 heteroatoms. The quantitative estimate of drug-likeness (QED) is 0.276. The fourth-order valence-electron chi connectivity index (χ4n) is 4.66. The monoisotopic (exact) mass is 533 g/mol. The summed E-state index contributed by atoms with van der Waals surface area (Å²) >= 11 is 6.12. The van der Waals surface area contributed by atoms with Crippen LogP contribution < -0.4 is 21.8 Å². The van der Waals surface area contributed by atoms with Crippen molar-refractivity contribution in [3.63, 3.8) is 0 Å². The van der Waals surface area contributed by atoms with Gasteiger partial charge in [0.1, 0.15) is 22.2 Å². The first-order valence-corrected chi connectivity index (χ1v) is 12.5. The second-order valence-corrected chi connectivity index (χ2v) is 9.86. The Morgan fingerprint density at radius 3 is 2.74 bits per heavy atom. The van der Waals surface area contributed by atoms with Gasteiger partial charge in [-0.2, -0.15) is 5.10 Å². The molecule has 0 unspecified atom stereocenters. The van der Waals surface area contributed by atoms with Gasteiger partial charge in [0.2, 0.25) is 5.82 Å². The van der Waals surface area contributed by atoms with Crippen molar-refractivity contribution >= 4 is 28.3 Å². The highest BCUT2D eigenvalue weighted by Gasteiger charge is 2.23. The predicted molar refractivity (Wildman–Crippen MR) is 142 cm³/mol. The molecule has 5 heterocycles. The van der Waals surface area contributed by atoms with Crippen molar-refractivity contribution in [2.45, 2.75) is 32.9 Å². The summed E-state index contributed by atoms with van der Waals surface area (Å²) in [7, 11) is 0. The number of anilines is 1. The molecule has 1 saturated heterocycles. The highest BCUT2D eigenvalue weighted by molar-refractivity contribution is 6.29. The average Bonchev–Trinajstić information content (AvgIpc) is 3.50. The van der Waals surface area contributed by atoms with Crippen LogP contribution in [0.2, 0.25) is 5.15 Å². The number of hydrogen-bond acceptors (Lipinski definition) is 9. The number of hydrogen-bond donors (Lipinski definition) is 3. The van der Waals surface area contributed by atoms with Crippen LogP contribution in [-0.2, 0) is 0 Å². The van der Waals surface area contributed by atoms with Crippen molar-refractivity contribution in [3.8, 4) is 22.8 Å². The number of aromatic amines is 1. The third-order valence-corrected chi connectivity index (χ3v) is 6.96. The molecule has 4 aromatic heterocycles. The van der Waals surface area contributed by atoms with Crippen molar-refractivity contribution in [1.29, 1.82) is 0 Å². The zero-order valence-corrected chi connectivity index (χ0v) is 21.6. The maximum absolute atomic E-state index is 13.5. The van der Waals surface area contributed by atoms with E-state index in [1.165, 1.54) is 0 Å². The fourth-order valence-corrected chi connectivity index (χ4v) is 4.80. The molecule has 11 nitrogen and oxygen atoms in total. The lowest BCUT2D eigenvalue weighted by molar-refractivity contribution is 0.318. The van der Waals surface area contributed by atoms with Gasteiger partial charge in [0.15, 0.2) is 5.43 Å². The Hall–Kier alpha value is -4.22. The Morgan fingerprint density at radius 2 is 2.03 bits per heavy atom. The number of pyridine rings is 1. The van der Waals surface area contributed by atoms with Gasteiger partial charge in [0, 0.05) is 30.4 Å². The number of halogens is 1. The first-order chi connectivity index (χ1) is 18.3. The SMILES string of the molecule is Cc1cc([C@@H](C)Nc2ccc(Cl)nc2-c2noc(=O)[nH]2)c2oc(-c3cnn(C4CNC4)c3)c(C)c(=O)c2c1. The van der Waals surface area contributed by atoms with Crippen molar-refractivity contribution in [1.82, 2.24) is 30.2 Å². The molecule has 0 spiro atoms. The maximum Gasteiger partial charge on any atom is 0.439 e. The molecule has 1 aliphatic heterocycles. The van der Waals surface area contributed by atoms with E-state index in [-0.39, 0.29) is 22.4 Å². The lowest BCUT2D eigenvalue weighted by atomic mass is 9.99. The molecule has 0 saturated carbocycles. The van der Waals surface area contributed by atoms with E-state index in [2.05, 4.69) is 35.4 Å². The number of nitrogens with zero attached hydrogens (tertiary/aromatic N) is 4. The van der Waals surface area contributed by atoms with E-state index in [4.69, 9.17) is 16.0 Å². The zero-order valence-electron chi connectivity index (χ0n) is 20.8. The standard InChI is InChI=1S/C26H24ClN7O4/c1-12-6-17(14(3)30-19-4-5-20(27)31-21(19)25-32-26(36)38-33-25)24-18(7-12)22(35)13(2)23(37-24)15-8-29-34(11-15)16-9-28-10-16/h4-8,11,14,16,28,30H,9-10H2,1-3H3,(H,32,33,36)/t14-/m1/s1. The second-order valence-electron chi connectivity index (χ2n) is 9.48. The third kappa shape index (κ3) is 4.19. The Balaban J connectivity index is 1.44. The molecule has 0 aliphatic carbocycles. The second kappa shape index (κ2) is 9.26. The minimum atomic E-state index is -0.702. The largest absolute Gasteiger partial charge is 0.455 e. The van der Waals surface area contributed by atoms with E-state index in [1.54, 1.807) is 25.3 Å². The number of fused-ring (bicyclic) bond motifs is 1. The topological polar surface area (TPSA) is 144 Å². The summed E-state index contributed by atoms with van der Waals surface area (Å²) < 4.78 is 13.0. The van der Waals surface area contributed by atoms with Crippen LogP contribution in [-0.4, -0.2) is 38.0 Å². The van der Waals surface area contributed by atoms with E-state index < -0.39 is 5.76 Å². The van der Waals surface area contributed by atoms with Crippen LogP contribution in [0.25, 0.3) is 33.8 Å². The summed E-state index contributed by atoms with van der Waals surface area (Å²) in [6.45, 7) is 7.37. The number of aryl methyl sites for hydroxylation is 1. The number of aromatic nitrogens is 5. The molecule has 3 N–H and O–H groups in total. The van der Waals surface area contributed by atoms with Gasteiger partial charge in [-0.1, -0.05) is 22.8 Å². The Kier molecular flexibility index (Phi) is 5.88. The van der Waals surface area contributed by atoms with Gasteiger partial charge in [-0.25, -0.2) is 9.78 Å². The summed E-state index contributed by atoms with van der Waals surface area (Å²) in [5, 5.41) is 15.6. The van der Waals surface area contributed by atoms with Crippen LogP contribution in [0.4, 0.5) is 5.69 Å². The summed E-state index contributed by atoms with van der Waals surface area (Å²) in [6.07, 6.45) is 3.65. The molecule has 0 radical (unpaired) electrons. The van der Waals surface area contributed by atoms with E-state index >= 15 is 0 Å². The third-order valence-electron chi connectivity index (χ3n) is 6.75. The van der Waals surface area contributed by atoms with E-state index in [0.717, 1.165) is 29.8 Å². The molecular weight excluding hydrogens is 510 g/mol. The molecule has 1 atom stereocenters. The van der Waals surface area contributed by atoms with Gasteiger partial charge in [0.05, 0.1) is 34.9 Å². The zero-order chi connectivity index (χ0) is 26.6. The van der Waals surface area contributed by atoms with Gasteiger partial charge in [-0.3, -0.25) is 19.0 Å². The van der Waals surface area contributed by atoms with Crippen molar-refractivity contribution in [2.75, 3.05) is 18.4 Å². The molecule has 1 aromatic carbocycles. The first-order valence-electron chi connectivity index (χ1n) is 12.1. The smallest absolute Gasteiger partial charge is 0.439 e. The first kappa shape index (κ1) is 24.1. The van der Waals surface area contributed by atoms with Crippen molar-refractivity contribution in [2.24, 2.45) is 0 Å². The van der Waals surface area contributed by atoms with Crippen molar-refractivity contribution < 1.29 is 8.94 Å². The van der Waals surface area contributed by atoms with Gasteiger partial charge in [0.25, 0.3) is 0 Å². The molecule has 5 aromatic rings. The molecule has 6 rings (SSSR count). The Bertz CT molecular complexity index is 1800. The highest BCUT2D eigenvalue weighted by atomic mass is 35.5. The summed E-state index contributed by atoms with van der Waals surface area (Å²) in [5.41, 5.74) is 4.25. The minimum absolute atomic E-state index is 0.0921. The molecule has 0 bridgehead atoms. The van der Waals surface area contributed by atoms with Crippen LogP contribution in [0.1, 0.15) is 35.7 Å². The van der Waals surface area contributed by atoms with E-state index in [1.807, 2.05) is 36.9 Å². The highest BCUT2D eigenvalue weighted by Crippen LogP contribution is 2.34. The lowest BCUT2D eigenvalue weighted by Crippen LogP contribution is -2.43. The predicted octanol–water partition coefficient (Wildman–Crippen LogP) is 3.98. The maximum atomic E-state index is 13.5. The molecule has 1 fully saturated rings. The average molecular weight is 534 g/mol. The van der Waals surface area contributed by atoms with E-state index in [0.29, 0.717) is 39.7 Å². The van der Waals surface area contributed by atoms with Crippen LogP contribution >= 0.6 is 11.6 Å². The summed E-state index contributed by atoms with van der Waals surface area (Å²) in [6, 6.07) is 7.14.